The Kier molecular flexibility index (Phi) is 6.37. The van der Waals surface area contributed by atoms with Gasteiger partial charge in [0.25, 0.3) is 5.91 Å². The first-order chi connectivity index (χ1) is 10.7. The molecule has 1 aliphatic rings. The molecule has 1 aliphatic carbocycles. The van der Waals surface area contributed by atoms with Crippen molar-refractivity contribution >= 4 is 5.91 Å². The third-order valence-electron chi connectivity index (χ3n) is 4.01. The number of rotatable bonds is 7. The third kappa shape index (κ3) is 5.13. The first-order valence-electron chi connectivity index (χ1n) is 7.84. The molecule has 0 atom stereocenters. The van der Waals surface area contributed by atoms with E-state index in [9.17, 15) is 4.79 Å². The Morgan fingerprint density at radius 3 is 2.23 bits per heavy atom. The Bertz CT molecular complexity index is 461. The van der Waals surface area contributed by atoms with Crippen molar-refractivity contribution < 1.29 is 19.0 Å². The molecule has 1 fully saturated rings. The fourth-order valence-electron chi connectivity index (χ4n) is 2.71. The van der Waals surface area contributed by atoms with E-state index in [0.29, 0.717) is 23.2 Å². The van der Waals surface area contributed by atoms with Crippen molar-refractivity contribution in [1.82, 2.24) is 5.32 Å². The predicted molar refractivity (Wildman–Crippen MR) is 84.6 cm³/mol. The smallest absolute Gasteiger partial charge is 0.257 e. The summed E-state index contributed by atoms with van der Waals surface area (Å²) in [6.07, 6.45) is 6.31. The number of hydrogen-bond acceptors (Lipinski definition) is 4. The van der Waals surface area contributed by atoms with Crippen molar-refractivity contribution in [1.29, 1.82) is 0 Å². The fraction of sp³-hybridized carbons (Fsp3) is 0.588. The standard InChI is InChI=1S/C17H25NO4/c1-20-14-8-15(21-2)10-16(9-14)22-12-17(19)18-11-13-6-4-3-5-7-13/h8-10,13H,3-7,11-12H2,1-2H3,(H,18,19). The second-order valence-corrected chi connectivity index (χ2v) is 5.65. The number of carbonyl (C=O) groups is 1. The van der Waals surface area contributed by atoms with E-state index in [1.807, 2.05) is 0 Å². The second-order valence-electron chi connectivity index (χ2n) is 5.65. The summed E-state index contributed by atoms with van der Waals surface area (Å²) in [4.78, 5) is 11.9. The van der Waals surface area contributed by atoms with Gasteiger partial charge in [0.2, 0.25) is 0 Å². The van der Waals surface area contributed by atoms with Gasteiger partial charge in [-0.3, -0.25) is 4.79 Å². The molecule has 122 valence electrons. The van der Waals surface area contributed by atoms with E-state index in [0.717, 1.165) is 6.54 Å². The van der Waals surface area contributed by atoms with Crippen molar-refractivity contribution in [3.05, 3.63) is 18.2 Å². The highest BCUT2D eigenvalue weighted by Gasteiger charge is 2.14. The summed E-state index contributed by atoms with van der Waals surface area (Å²) >= 11 is 0. The highest BCUT2D eigenvalue weighted by Crippen LogP contribution is 2.27. The van der Waals surface area contributed by atoms with Crippen LogP contribution in [0.25, 0.3) is 0 Å². The lowest BCUT2D eigenvalue weighted by Gasteiger charge is -2.21. The molecule has 5 heteroatoms. The summed E-state index contributed by atoms with van der Waals surface area (Å²) in [5.74, 6) is 2.36. The topological polar surface area (TPSA) is 56.8 Å². The van der Waals surface area contributed by atoms with E-state index in [1.54, 1.807) is 32.4 Å². The average Bonchev–Trinajstić information content (AvgIpc) is 2.58. The largest absolute Gasteiger partial charge is 0.496 e. The van der Waals surface area contributed by atoms with Crippen LogP contribution in [0.3, 0.4) is 0 Å². The molecule has 0 heterocycles. The summed E-state index contributed by atoms with van der Waals surface area (Å²) in [7, 11) is 3.16. The van der Waals surface area contributed by atoms with Crippen molar-refractivity contribution in [3.8, 4) is 17.2 Å². The van der Waals surface area contributed by atoms with Gasteiger partial charge in [0.05, 0.1) is 14.2 Å². The summed E-state index contributed by atoms with van der Waals surface area (Å²) in [5, 5.41) is 2.95. The molecular weight excluding hydrogens is 282 g/mol. The Balaban J connectivity index is 1.77. The maximum atomic E-state index is 11.9. The molecule has 0 bridgehead atoms. The number of amides is 1. The molecule has 0 saturated heterocycles. The number of hydrogen-bond donors (Lipinski definition) is 1. The van der Waals surface area contributed by atoms with Crippen LogP contribution < -0.4 is 19.5 Å². The minimum Gasteiger partial charge on any atom is -0.496 e. The molecule has 22 heavy (non-hydrogen) atoms. The van der Waals surface area contributed by atoms with Crippen LogP contribution in [0.1, 0.15) is 32.1 Å². The van der Waals surface area contributed by atoms with Crippen LogP contribution in [0, 0.1) is 5.92 Å². The lowest BCUT2D eigenvalue weighted by atomic mass is 9.89. The molecule has 1 N–H and O–H groups in total. The van der Waals surface area contributed by atoms with Gasteiger partial charge >= 0.3 is 0 Å². The molecule has 0 unspecified atom stereocenters. The molecular formula is C17H25NO4. The van der Waals surface area contributed by atoms with Crippen molar-refractivity contribution in [2.24, 2.45) is 5.92 Å². The Morgan fingerprint density at radius 2 is 1.64 bits per heavy atom. The number of benzene rings is 1. The van der Waals surface area contributed by atoms with E-state index < -0.39 is 0 Å². The highest BCUT2D eigenvalue weighted by atomic mass is 16.5. The van der Waals surface area contributed by atoms with Crippen molar-refractivity contribution in [2.75, 3.05) is 27.4 Å². The molecule has 1 amide bonds. The minimum atomic E-state index is -0.0904. The minimum absolute atomic E-state index is 0.00302. The zero-order chi connectivity index (χ0) is 15.8. The van der Waals surface area contributed by atoms with Crippen LogP contribution >= 0.6 is 0 Å². The van der Waals surface area contributed by atoms with Crippen LogP contribution in [0.5, 0.6) is 17.2 Å². The quantitative estimate of drug-likeness (QED) is 0.841. The lowest BCUT2D eigenvalue weighted by molar-refractivity contribution is -0.123. The molecule has 0 spiro atoms. The predicted octanol–water partition coefficient (Wildman–Crippen LogP) is 2.78. The van der Waals surface area contributed by atoms with Crippen LogP contribution in [-0.2, 0) is 4.79 Å². The summed E-state index contributed by atoms with van der Waals surface area (Å²) in [6, 6.07) is 5.23. The van der Waals surface area contributed by atoms with Gasteiger partial charge in [0.15, 0.2) is 6.61 Å². The lowest BCUT2D eigenvalue weighted by Crippen LogP contribution is -2.33. The maximum Gasteiger partial charge on any atom is 0.257 e. The zero-order valence-electron chi connectivity index (χ0n) is 13.4. The Labute approximate surface area is 131 Å². The normalized spacial score (nSPS) is 15.2. The van der Waals surface area contributed by atoms with Crippen LogP contribution in [0.2, 0.25) is 0 Å². The van der Waals surface area contributed by atoms with Gasteiger partial charge < -0.3 is 19.5 Å². The van der Waals surface area contributed by atoms with E-state index in [4.69, 9.17) is 14.2 Å². The van der Waals surface area contributed by atoms with E-state index in [-0.39, 0.29) is 12.5 Å². The molecule has 0 aliphatic heterocycles. The van der Waals surface area contributed by atoms with E-state index in [1.165, 1.54) is 32.1 Å². The monoisotopic (exact) mass is 307 g/mol. The van der Waals surface area contributed by atoms with Crippen LogP contribution in [-0.4, -0.2) is 33.3 Å². The van der Waals surface area contributed by atoms with Gasteiger partial charge in [-0.15, -0.1) is 0 Å². The third-order valence-corrected chi connectivity index (χ3v) is 4.01. The Hall–Kier alpha value is -1.91. The first kappa shape index (κ1) is 16.5. The van der Waals surface area contributed by atoms with Gasteiger partial charge in [-0.1, -0.05) is 19.3 Å². The van der Waals surface area contributed by atoms with Gasteiger partial charge in [0.1, 0.15) is 17.2 Å². The van der Waals surface area contributed by atoms with Gasteiger partial charge in [-0.2, -0.15) is 0 Å². The van der Waals surface area contributed by atoms with Crippen molar-refractivity contribution in [3.63, 3.8) is 0 Å². The van der Waals surface area contributed by atoms with Gasteiger partial charge in [-0.25, -0.2) is 0 Å². The number of ether oxygens (including phenoxy) is 3. The maximum absolute atomic E-state index is 11.9. The van der Waals surface area contributed by atoms with Gasteiger partial charge in [-0.05, 0) is 18.8 Å². The molecule has 1 aromatic carbocycles. The van der Waals surface area contributed by atoms with Crippen LogP contribution in [0.15, 0.2) is 18.2 Å². The molecule has 1 saturated carbocycles. The summed E-state index contributed by atoms with van der Waals surface area (Å²) in [5.41, 5.74) is 0. The average molecular weight is 307 g/mol. The van der Waals surface area contributed by atoms with Crippen LogP contribution in [0.4, 0.5) is 0 Å². The molecule has 1 aromatic rings. The zero-order valence-corrected chi connectivity index (χ0v) is 13.4. The van der Waals surface area contributed by atoms with E-state index >= 15 is 0 Å². The summed E-state index contributed by atoms with van der Waals surface area (Å²) in [6.45, 7) is 0.757. The highest BCUT2D eigenvalue weighted by molar-refractivity contribution is 5.77. The summed E-state index contributed by atoms with van der Waals surface area (Å²) < 4.78 is 15.9. The van der Waals surface area contributed by atoms with Gasteiger partial charge in [0, 0.05) is 24.7 Å². The molecule has 2 rings (SSSR count). The number of methoxy groups -OCH3 is 2. The van der Waals surface area contributed by atoms with Crippen molar-refractivity contribution in [2.45, 2.75) is 32.1 Å². The number of nitrogens with one attached hydrogen (secondary N) is 1. The van der Waals surface area contributed by atoms with E-state index in [2.05, 4.69) is 5.32 Å². The SMILES string of the molecule is COc1cc(OC)cc(OCC(=O)NCC2CCCCC2)c1. The Morgan fingerprint density at radius 1 is 1.05 bits per heavy atom. The second kappa shape index (κ2) is 8.51. The molecule has 0 aromatic heterocycles. The molecule has 5 nitrogen and oxygen atoms in total. The molecule has 0 radical (unpaired) electrons. The number of carbonyl (C=O) groups excluding carboxylic acids is 1. The fourth-order valence-corrected chi connectivity index (χ4v) is 2.71. The first-order valence-corrected chi connectivity index (χ1v) is 7.84.